The van der Waals surface area contributed by atoms with Crippen LogP contribution >= 0.6 is 0 Å². The fraction of sp³-hybridized carbons (Fsp3) is 0.389. The predicted octanol–water partition coefficient (Wildman–Crippen LogP) is 2.56. The minimum atomic E-state index is -0.504. The zero-order valence-electron chi connectivity index (χ0n) is 14.4. The monoisotopic (exact) mass is 328 g/mol. The number of rotatable bonds is 8. The quantitative estimate of drug-likeness (QED) is 0.727. The summed E-state index contributed by atoms with van der Waals surface area (Å²) in [6.45, 7) is 7.67. The van der Waals surface area contributed by atoms with Crippen molar-refractivity contribution in [3.63, 3.8) is 0 Å². The van der Waals surface area contributed by atoms with Crippen LogP contribution in [0.1, 0.15) is 35.6 Å². The minimum Gasteiger partial charge on any atom is -0.380 e. The molecule has 0 radical (unpaired) electrons. The zero-order valence-corrected chi connectivity index (χ0v) is 14.4. The molecule has 0 fully saturated rings. The van der Waals surface area contributed by atoms with Crippen molar-refractivity contribution in [3.05, 3.63) is 41.3 Å². The number of ether oxygens (including phenoxy) is 1. The summed E-state index contributed by atoms with van der Waals surface area (Å²) in [6.07, 6.45) is 2.50. The van der Waals surface area contributed by atoms with Crippen LogP contribution in [0.2, 0.25) is 0 Å². The minimum absolute atomic E-state index is 0.383. The summed E-state index contributed by atoms with van der Waals surface area (Å²) in [7, 11) is 0. The van der Waals surface area contributed by atoms with Crippen molar-refractivity contribution in [2.24, 2.45) is 5.73 Å². The van der Waals surface area contributed by atoms with E-state index in [-0.39, 0.29) is 0 Å². The smallest absolute Gasteiger partial charge is 0.252 e. The highest BCUT2D eigenvalue weighted by Crippen LogP contribution is 2.27. The molecule has 0 aliphatic carbocycles. The number of nitrogens with zero attached hydrogens (tertiary/aromatic N) is 2. The van der Waals surface area contributed by atoms with Gasteiger partial charge in [0.05, 0.1) is 17.9 Å². The second-order valence-electron chi connectivity index (χ2n) is 5.41. The summed E-state index contributed by atoms with van der Waals surface area (Å²) in [4.78, 5) is 20.7. The van der Waals surface area contributed by atoms with Gasteiger partial charge in [0.2, 0.25) is 0 Å². The van der Waals surface area contributed by atoms with E-state index in [9.17, 15) is 4.79 Å². The van der Waals surface area contributed by atoms with Gasteiger partial charge in [0.15, 0.2) is 0 Å². The molecule has 2 heterocycles. The number of hydrogen-bond acceptors (Lipinski definition) is 5. The Morgan fingerprint density at radius 1 is 1.33 bits per heavy atom. The number of carbonyl (C=O) groups excluding carboxylic acids is 1. The van der Waals surface area contributed by atoms with E-state index in [0.29, 0.717) is 31.1 Å². The highest BCUT2D eigenvalue weighted by atomic mass is 16.5. The molecule has 2 rings (SSSR count). The van der Waals surface area contributed by atoms with Crippen LogP contribution in [0, 0.1) is 6.92 Å². The lowest BCUT2D eigenvalue weighted by molar-refractivity contribution is 0.100. The van der Waals surface area contributed by atoms with E-state index in [4.69, 9.17) is 10.5 Å². The Morgan fingerprint density at radius 2 is 2.12 bits per heavy atom. The normalized spacial score (nSPS) is 10.6. The van der Waals surface area contributed by atoms with E-state index in [2.05, 4.69) is 15.3 Å². The van der Waals surface area contributed by atoms with Gasteiger partial charge in [0.25, 0.3) is 5.91 Å². The molecule has 0 atom stereocenters. The molecular weight excluding hydrogens is 304 g/mol. The van der Waals surface area contributed by atoms with E-state index in [1.54, 1.807) is 6.20 Å². The first kappa shape index (κ1) is 17.9. The molecule has 128 valence electrons. The van der Waals surface area contributed by atoms with Crippen molar-refractivity contribution in [1.29, 1.82) is 0 Å². The molecule has 1 amide bonds. The molecule has 6 nitrogen and oxygen atoms in total. The van der Waals surface area contributed by atoms with Gasteiger partial charge in [-0.05, 0) is 44.0 Å². The predicted molar refractivity (Wildman–Crippen MR) is 95.1 cm³/mol. The number of nitrogens with two attached hydrogens (primary N) is 1. The topological polar surface area (TPSA) is 90.1 Å². The Bertz CT molecular complexity index is 716. The van der Waals surface area contributed by atoms with E-state index in [1.165, 1.54) is 0 Å². The van der Waals surface area contributed by atoms with Crippen molar-refractivity contribution in [2.45, 2.75) is 27.2 Å². The Balaban J connectivity index is 2.42. The summed E-state index contributed by atoms with van der Waals surface area (Å²) in [5.74, 6) is 0.00433. The third-order valence-electron chi connectivity index (χ3n) is 3.65. The fourth-order valence-corrected chi connectivity index (χ4v) is 2.49. The molecule has 0 aromatic carbocycles. The molecule has 0 saturated heterocycles. The van der Waals surface area contributed by atoms with Gasteiger partial charge < -0.3 is 15.8 Å². The fourth-order valence-electron chi connectivity index (χ4n) is 2.49. The van der Waals surface area contributed by atoms with Crippen LogP contribution < -0.4 is 11.1 Å². The number of aromatic nitrogens is 2. The van der Waals surface area contributed by atoms with Crippen LogP contribution in [0.15, 0.2) is 24.4 Å². The molecule has 0 spiro atoms. The largest absolute Gasteiger partial charge is 0.380 e. The summed E-state index contributed by atoms with van der Waals surface area (Å²) < 4.78 is 5.30. The molecule has 2 aromatic heterocycles. The highest BCUT2D eigenvalue weighted by molar-refractivity contribution is 5.99. The molecule has 0 bridgehead atoms. The molecule has 0 unspecified atom stereocenters. The Hall–Kier alpha value is -2.47. The molecule has 0 saturated carbocycles. The standard InChI is InChI=1S/C18H24N4O2/c1-4-16-14(13-6-7-20-12(3)10-13)11-15(17(19)23)18(22-16)21-8-9-24-5-2/h6-7,10-11H,4-5,8-9H2,1-3H3,(H2,19,23)(H,21,22). The maximum Gasteiger partial charge on any atom is 0.252 e. The first-order chi connectivity index (χ1) is 11.6. The van der Waals surface area contributed by atoms with Crippen LogP contribution in [-0.4, -0.2) is 35.6 Å². The van der Waals surface area contributed by atoms with Crippen LogP contribution in [0.4, 0.5) is 5.82 Å². The summed E-state index contributed by atoms with van der Waals surface area (Å²) in [5.41, 5.74) is 9.64. The van der Waals surface area contributed by atoms with Crippen molar-refractivity contribution in [1.82, 2.24) is 9.97 Å². The molecule has 0 aliphatic heterocycles. The van der Waals surface area contributed by atoms with Gasteiger partial charge in [-0.3, -0.25) is 9.78 Å². The first-order valence-corrected chi connectivity index (χ1v) is 8.15. The number of pyridine rings is 2. The zero-order chi connectivity index (χ0) is 17.5. The number of aryl methyl sites for hydroxylation is 2. The van der Waals surface area contributed by atoms with Gasteiger partial charge in [-0.15, -0.1) is 0 Å². The van der Waals surface area contributed by atoms with Crippen molar-refractivity contribution in [3.8, 4) is 11.1 Å². The van der Waals surface area contributed by atoms with Gasteiger partial charge in [0.1, 0.15) is 5.82 Å². The summed E-state index contributed by atoms with van der Waals surface area (Å²) >= 11 is 0. The van der Waals surface area contributed by atoms with Crippen molar-refractivity contribution >= 4 is 11.7 Å². The van der Waals surface area contributed by atoms with E-state index in [0.717, 1.165) is 28.9 Å². The van der Waals surface area contributed by atoms with E-state index >= 15 is 0 Å². The van der Waals surface area contributed by atoms with Crippen molar-refractivity contribution in [2.75, 3.05) is 25.1 Å². The van der Waals surface area contributed by atoms with Crippen molar-refractivity contribution < 1.29 is 9.53 Å². The van der Waals surface area contributed by atoms with Gasteiger partial charge in [0, 0.05) is 30.6 Å². The molecule has 2 aromatic rings. The van der Waals surface area contributed by atoms with Gasteiger partial charge in [-0.2, -0.15) is 0 Å². The maximum absolute atomic E-state index is 11.9. The Kier molecular flexibility index (Phi) is 6.26. The van der Waals surface area contributed by atoms with Crippen LogP contribution in [-0.2, 0) is 11.2 Å². The maximum atomic E-state index is 11.9. The third kappa shape index (κ3) is 4.29. The Labute approximate surface area is 142 Å². The molecule has 0 aliphatic rings. The summed E-state index contributed by atoms with van der Waals surface area (Å²) in [6, 6.07) is 5.70. The Morgan fingerprint density at radius 3 is 2.75 bits per heavy atom. The molecular formula is C18H24N4O2. The molecule has 3 N–H and O–H groups in total. The third-order valence-corrected chi connectivity index (χ3v) is 3.65. The number of nitrogens with one attached hydrogen (secondary N) is 1. The van der Waals surface area contributed by atoms with Crippen LogP contribution in [0.5, 0.6) is 0 Å². The number of primary amides is 1. The molecule has 24 heavy (non-hydrogen) atoms. The van der Waals surface area contributed by atoms with E-state index in [1.807, 2.05) is 39.0 Å². The highest BCUT2D eigenvalue weighted by Gasteiger charge is 2.16. The molecule has 6 heteroatoms. The number of hydrogen-bond donors (Lipinski definition) is 2. The number of amides is 1. The van der Waals surface area contributed by atoms with E-state index < -0.39 is 5.91 Å². The summed E-state index contributed by atoms with van der Waals surface area (Å²) in [5, 5.41) is 3.14. The lowest BCUT2D eigenvalue weighted by atomic mass is 10.00. The SMILES string of the molecule is CCOCCNc1nc(CC)c(-c2ccnc(C)c2)cc1C(N)=O. The van der Waals surface area contributed by atoms with Gasteiger partial charge in [-0.25, -0.2) is 4.98 Å². The lowest BCUT2D eigenvalue weighted by Crippen LogP contribution is -2.19. The average Bonchev–Trinajstić information content (AvgIpc) is 2.57. The lowest BCUT2D eigenvalue weighted by Gasteiger charge is -2.15. The average molecular weight is 328 g/mol. The second-order valence-corrected chi connectivity index (χ2v) is 5.41. The second kappa shape index (κ2) is 8.40. The van der Waals surface area contributed by atoms with Gasteiger partial charge >= 0.3 is 0 Å². The van der Waals surface area contributed by atoms with Crippen LogP contribution in [0.25, 0.3) is 11.1 Å². The van der Waals surface area contributed by atoms with Crippen LogP contribution in [0.3, 0.4) is 0 Å². The number of anilines is 1. The first-order valence-electron chi connectivity index (χ1n) is 8.15. The van der Waals surface area contributed by atoms with Gasteiger partial charge in [-0.1, -0.05) is 6.92 Å². The number of carbonyl (C=O) groups is 1.